The molecule has 1 aromatic rings. The zero-order chi connectivity index (χ0) is 55.3. The minimum atomic E-state index is -0.708. The van der Waals surface area contributed by atoms with E-state index in [4.69, 9.17) is 15.2 Å². The van der Waals surface area contributed by atoms with E-state index in [0.717, 1.165) is 49.8 Å². The summed E-state index contributed by atoms with van der Waals surface area (Å²) in [7, 11) is 3.39. The number of likely N-dealkylation sites (N-methyl/N-ethyl adjacent to an activating group) is 2. The maximum atomic E-state index is 14.3. The van der Waals surface area contributed by atoms with Gasteiger partial charge in [-0.2, -0.15) is 0 Å². The summed E-state index contributed by atoms with van der Waals surface area (Å²) in [6.07, 6.45) is 21.3. The highest BCUT2D eigenvalue weighted by atomic mass is 32.2. The predicted molar refractivity (Wildman–Crippen MR) is 306 cm³/mol. The van der Waals surface area contributed by atoms with Crippen LogP contribution in [-0.4, -0.2) is 145 Å². The van der Waals surface area contributed by atoms with Gasteiger partial charge in [-0.1, -0.05) is 140 Å². The first-order valence-electron chi connectivity index (χ1n) is 28.0. The van der Waals surface area contributed by atoms with E-state index in [1.807, 2.05) is 80.3 Å². The number of hydrogen-bond acceptors (Lipinski definition) is 12. The number of allylic oxidation sites excluding steroid dienone is 3. The summed E-state index contributed by atoms with van der Waals surface area (Å²) in [6, 6.07) is 6.54. The molecule has 0 aliphatic carbocycles. The van der Waals surface area contributed by atoms with E-state index in [9.17, 15) is 28.8 Å². The topological polar surface area (TPSA) is 214 Å². The van der Waals surface area contributed by atoms with Crippen LogP contribution in [0.15, 0.2) is 66.8 Å². The molecule has 76 heavy (non-hydrogen) atoms. The minimum Gasteiger partial charge on any atom is -0.379 e. The second-order valence-electron chi connectivity index (χ2n) is 22.5. The van der Waals surface area contributed by atoms with E-state index >= 15 is 0 Å². The van der Waals surface area contributed by atoms with E-state index < -0.39 is 46.9 Å². The Labute approximate surface area is 462 Å². The van der Waals surface area contributed by atoms with E-state index in [1.165, 1.54) is 25.7 Å². The first kappa shape index (κ1) is 62.6. The molecule has 4 aliphatic rings. The lowest BCUT2D eigenvalue weighted by molar-refractivity contribution is -0.143. The summed E-state index contributed by atoms with van der Waals surface area (Å²) in [5.74, 6) is 0.0701. The number of nitrogens with zero attached hydrogens (tertiary/aromatic N) is 2. The Kier molecular flexibility index (Phi) is 25.9. The van der Waals surface area contributed by atoms with Crippen LogP contribution < -0.4 is 32.3 Å². The van der Waals surface area contributed by atoms with Gasteiger partial charge in [-0.15, -0.1) is 23.5 Å². The molecule has 0 spiro atoms. The largest absolute Gasteiger partial charge is 0.379 e. The maximum absolute atomic E-state index is 14.3. The van der Waals surface area contributed by atoms with E-state index in [2.05, 4.69) is 47.0 Å². The average Bonchev–Trinajstić information content (AvgIpc) is 3.70. The van der Waals surface area contributed by atoms with Gasteiger partial charge in [0.15, 0.2) is 0 Å². The van der Waals surface area contributed by atoms with Crippen molar-refractivity contribution < 1.29 is 38.2 Å². The number of fused-ring (bicyclic) bond motifs is 2. The van der Waals surface area contributed by atoms with Gasteiger partial charge >= 0.3 is 0 Å². The molecule has 4 heterocycles. The number of nitrogens with one attached hydrogen (secondary N) is 5. The van der Waals surface area contributed by atoms with Crippen LogP contribution in [0.1, 0.15) is 143 Å². The Morgan fingerprint density at radius 3 is 1.96 bits per heavy atom. The molecule has 0 aromatic heterocycles. The number of amides is 6. The van der Waals surface area contributed by atoms with E-state index in [0.29, 0.717) is 56.8 Å². The third-order valence-electron chi connectivity index (χ3n) is 15.3. The molecule has 4 fully saturated rings. The highest BCUT2D eigenvalue weighted by molar-refractivity contribution is 8.00. The van der Waals surface area contributed by atoms with Crippen molar-refractivity contribution in [2.24, 2.45) is 22.5 Å². The number of benzene rings is 1. The van der Waals surface area contributed by atoms with Gasteiger partial charge in [-0.25, -0.2) is 0 Å². The summed E-state index contributed by atoms with van der Waals surface area (Å²) in [5, 5.41) is 14.9. The van der Waals surface area contributed by atoms with Gasteiger partial charge in [0, 0.05) is 19.6 Å². The Bertz CT molecular complexity index is 2120. The fourth-order valence-corrected chi connectivity index (χ4v) is 14.5. The number of hydrogen-bond donors (Lipinski definition) is 6. The van der Waals surface area contributed by atoms with Gasteiger partial charge in [-0.3, -0.25) is 28.8 Å². The molecule has 0 bridgehead atoms. The van der Waals surface area contributed by atoms with Gasteiger partial charge in [0.2, 0.25) is 35.4 Å². The number of rotatable bonds is 32. The molecule has 1 aromatic carbocycles. The number of carbonyl (C=O) groups excluding carboxylic acids is 6. The second kappa shape index (κ2) is 31.4. The molecule has 6 amide bonds. The van der Waals surface area contributed by atoms with E-state index in [1.54, 1.807) is 42.5 Å². The van der Waals surface area contributed by atoms with Crippen LogP contribution in [0.2, 0.25) is 0 Å². The minimum absolute atomic E-state index is 0.0174. The highest BCUT2D eigenvalue weighted by Crippen LogP contribution is 2.48. The van der Waals surface area contributed by atoms with Crippen LogP contribution in [0.4, 0.5) is 0 Å². The van der Waals surface area contributed by atoms with Gasteiger partial charge < -0.3 is 51.6 Å². The first-order valence-corrected chi connectivity index (χ1v) is 30.1. The third-order valence-corrected chi connectivity index (χ3v) is 18.0. The van der Waals surface area contributed by atoms with Crippen molar-refractivity contribution >= 4 is 59.0 Å². The van der Waals surface area contributed by atoms with Crippen LogP contribution in [0.25, 0.3) is 0 Å². The molecule has 1 unspecified atom stereocenters. The molecule has 9 atom stereocenters. The zero-order valence-corrected chi connectivity index (χ0v) is 48.3. The monoisotopic (exact) mass is 1090 g/mol. The molecule has 424 valence electrons. The molecule has 18 heteroatoms. The number of thioether (sulfide) groups is 2. The van der Waals surface area contributed by atoms with Crippen molar-refractivity contribution in [1.82, 2.24) is 36.4 Å². The average molecular weight is 1090 g/mol. The number of unbranched alkanes of at least 4 members (excludes halogenated alkanes) is 9. The molecule has 0 saturated carbocycles. The smallest absolute Gasteiger partial charge is 0.246 e. The first-order chi connectivity index (χ1) is 36.4. The van der Waals surface area contributed by atoms with Crippen molar-refractivity contribution in [2.75, 3.05) is 58.6 Å². The molecular weight excluding hydrogens is 1000 g/mol. The molecule has 4 saturated heterocycles. The van der Waals surface area contributed by atoms with Crippen LogP contribution in [-0.2, 0) is 38.2 Å². The Hall–Kier alpha value is -4.20. The lowest BCUT2D eigenvalue weighted by Crippen LogP contribution is -2.58. The maximum Gasteiger partial charge on any atom is 0.246 e. The number of carbonyl (C=O) groups is 6. The summed E-state index contributed by atoms with van der Waals surface area (Å²) in [5.41, 5.74) is 6.37. The summed E-state index contributed by atoms with van der Waals surface area (Å²) in [6.45, 7) is 16.3. The molecule has 5 rings (SSSR count). The van der Waals surface area contributed by atoms with Gasteiger partial charge in [0.25, 0.3) is 0 Å². The van der Waals surface area contributed by atoms with Crippen molar-refractivity contribution in [1.29, 1.82) is 0 Å². The number of primary amides is 1. The fourth-order valence-electron chi connectivity index (χ4n) is 11.2. The normalized spacial score (nSPS) is 24.4. The predicted octanol–water partition coefficient (Wildman–Crippen LogP) is 6.92. The summed E-state index contributed by atoms with van der Waals surface area (Å²) in [4.78, 5) is 84.3. The van der Waals surface area contributed by atoms with Crippen LogP contribution in [0.3, 0.4) is 0 Å². The second-order valence-corrected chi connectivity index (χ2v) is 25.0. The molecule has 16 nitrogen and oxygen atoms in total. The third kappa shape index (κ3) is 18.5. The Morgan fingerprint density at radius 1 is 0.789 bits per heavy atom. The Morgan fingerprint density at radius 2 is 1.37 bits per heavy atom. The standard InChI is InChI=1S/C58H92N8O8S2/c1-9-10-20-25-40(2)45(63-55(71)52-58(5,6)35-50-66(52)56(72)43(28-31-75-50)62-47(67)36-60-7)37-73-29-23-17-15-13-11-12-14-16-18-24-30-74-38-46(42-26-21-19-22-27-42)64-54(70)51-57(3,4)34-49-65(51)48(68)33-41(39-76-49)32-44(61-8)53(59)69/h9-10,19-22,25-27,41,43-46,49-52,60-61H,2,11-18,23-24,28-39H2,1,3-8H3,(H2,59,69)(H,62,67)(H,63,71)(H,64,70)/b10-9-,25-20-/t41?,43-,44-,45+,46+,49-,50-,51+,52+/m0/s1. The SMILES string of the molecule is C=C(/C=C\C=C/C)[C@@H](COCCCCCCCCCCCCOC[C@@H](NC(=O)[C@H]1N2C(=O)CC(C[C@H](NC)C(N)=O)CS[C@H]2CC1(C)C)c1ccccc1)NC(=O)[C@H]1N2C(=O)[C@@H](NC(=O)CNC)CCS[C@H]2CC1(C)C. The van der Waals surface area contributed by atoms with Crippen LogP contribution in [0.5, 0.6) is 0 Å². The highest BCUT2D eigenvalue weighted by Gasteiger charge is 2.56. The Balaban J connectivity index is 0.979. The van der Waals surface area contributed by atoms with Gasteiger partial charge in [0.1, 0.15) is 18.1 Å². The lowest BCUT2D eigenvalue weighted by Gasteiger charge is -2.35. The van der Waals surface area contributed by atoms with Crippen molar-refractivity contribution in [2.45, 2.75) is 178 Å². The molecular formula is C58H92N8O8S2. The molecule has 4 aliphatic heterocycles. The van der Waals surface area contributed by atoms with Crippen LogP contribution in [0, 0.1) is 16.7 Å². The zero-order valence-electron chi connectivity index (χ0n) is 46.7. The van der Waals surface area contributed by atoms with Gasteiger partial charge in [0.05, 0.1) is 48.6 Å². The van der Waals surface area contributed by atoms with Crippen molar-refractivity contribution in [3.63, 3.8) is 0 Å². The van der Waals surface area contributed by atoms with E-state index in [-0.39, 0.29) is 71.8 Å². The lowest BCUT2D eigenvalue weighted by atomic mass is 9.83. The fraction of sp³-hybridized carbons (Fsp3) is 0.690. The number of ether oxygens (including phenoxy) is 2. The van der Waals surface area contributed by atoms with Crippen molar-refractivity contribution in [3.8, 4) is 0 Å². The van der Waals surface area contributed by atoms with Gasteiger partial charge in [-0.05, 0) is 98.9 Å². The van der Waals surface area contributed by atoms with Crippen molar-refractivity contribution in [3.05, 3.63) is 72.4 Å². The quantitative estimate of drug-likeness (QED) is 0.0321. The number of nitrogens with two attached hydrogens (primary N) is 1. The molecule has 0 radical (unpaired) electrons. The molecule has 7 N–H and O–H groups in total. The summed E-state index contributed by atoms with van der Waals surface area (Å²) >= 11 is 3.38. The van der Waals surface area contributed by atoms with Crippen LogP contribution >= 0.6 is 23.5 Å². The summed E-state index contributed by atoms with van der Waals surface area (Å²) < 4.78 is 12.4.